The van der Waals surface area contributed by atoms with Crippen molar-refractivity contribution in [3.05, 3.63) is 64.5 Å². The second-order valence-electron chi connectivity index (χ2n) is 12.3. The number of hydrogen-bond acceptors (Lipinski definition) is 2. The molecule has 0 radical (unpaired) electrons. The molecular formula is C35H47F3O2. The quantitative estimate of drug-likeness (QED) is 0.229. The maximum atomic E-state index is 15.1. The Labute approximate surface area is 239 Å². The number of alkyl halides is 2. The van der Waals surface area contributed by atoms with E-state index >= 15 is 4.39 Å². The number of ether oxygens (including phenoxy) is 1. The van der Waals surface area contributed by atoms with Crippen LogP contribution in [0.15, 0.2) is 36.4 Å². The second kappa shape index (κ2) is 15.1. The number of benzene rings is 2. The number of halogens is 3. The van der Waals surface area contributed by atoms with Crippen LogP contribution in [0.1, 0.15) is 137 Å². The average Bonchev–Trinajstić information content (AvgIpc) is 2.97. The van der Waals surface area contributed by atoms with Gasteiger partial charge < -0.3 is 4.74 Å². The molecule has 0 atom stereocenters. The van der Waals surface area contributed by atoms with Crippen LogP contribution in [0.2, 0.25) is 0 Å². The van der Waals surface area contributed by atoms with Gasteiger partial charge in [-0.25, -0.2) is 13.2 Å². The van der Waals surface area contributed by atoms with Crippen LogP contribution in [0.5, 0.6) is 5.75 Å². The van der Waals surface area contributed by atoms with E-state index in [9.17, 15) is 13.6 Å². The van der Waals surface area contributed by atoms with E-state index in [0.717, 1.165) is 43.1 Å². The van der Waals surface area contributed by atoms with Gasteiger partial charge in [-0.1, -0.05) is 70.2 Å². The highest BCUT2D eigenvalue weighted by molar-refractivity contribution is 5.97. The lowest BCUT2D eigenvalue weighted by atomic mass is 9.77. The molecule has 5 heteroatoms. The van der Waals surface area contributed by atoms with Crippen LogP contribution < -0.4 is 4.74 Å². The summed E-state index contributed by atoms with van der Waals surface area (Å²) >= 11 is 0. The standard InChI is InChI=1S/C35H47F3O2/c1-3-6-25-13-17-28(18-14-25)29-19-15-26(16-20-29)7-5-8-31(39)30-21-22-32(34(36)33(30)35(37)38)40-23-27-11-9-24(4-2)10-12-27/h15-16,19-22,24-25,27-28,35H,3-14,17-18,23H2,1-2H3. The largest absolute Gasteiger partial charge is 0.490 e. The fourth-order valence-corrected chi connectivity index (χ4v) is 6.89. The number of ketones is 1. The smallest absolute Gasteiger partial charge is 0.267 e. The average molecular weight is 557 g/mol. The molecule has 0 aromatic heterocycles. The summed E-state index contributed by atoms with van der Waals surface area (Å²) in [6, 6.07) is 11.3. The highest BCUT2D eigenvalue weighted by Gasteiger charge is 2.27. The number of aryl methyl sites for hydroxylation is 1. The predicted molar refractivity (Wildman–Crippen MR) is 156 cm³/mol. The van der Waals surface area contributed by atoms with E-state index in [1.165, 1.54) is 62.6 Å². The number of carbonyl (C=O) groups is 1. The third-order valence-corrected chi connectivity index (χ3v) is 9.55. The maximum Gasteiger partial charge on any atom is 0.267 e. The molecular weight excluding hydrogens is 509 g/mol. The molecule has 0 aliphatic heterocycles. The van der Waals surface area contributed by atoms with Crippen LogP contribution in [0.4, 0.5) is 13.2 Å². The summed E-state index contributed by atoms with van der Waals surface area (Å²) in [5.74, 6) is 0.854. The summed E-state index contributed by atoms with van der Waals surface area (Å²) in [6.45, 7) is 4.78. The molecule has 0 spiro atoms. The minimum atomic E-state index is -3.08. The number of hydrogen-bond donors (Lipinski definition) is 0. The lowest BCUT2D eigenvalue weighted by molar-refractivity contribution is 0.0962. The summed E-state index contributed by atoms with van der Waals surface area (Å²) in [4.78, 5) is 12.9. The van der Waals surface area contributed by atoms with Gasteiger partial charge in [0, 0.05) is 12.0 Å². The van der Waals surface area contributed by atoms with Crippen LogP contribution in [0.3, 0.4) is 0 Å². The molecule has 2 fully saturated rings. The zero-order valence-electron chi connectivity index (χ0n) is 24.4. The van der Waals surface area contributed by atoms with E-state index in [-0.39, 0.29) is 17.7 Å². The lowest BCUT2D eigenvalue weighted by Crippen LogP contribution is -2.20. The van der Waals surface area contributed by atoms with Gasteiger partial charge in [0.2, 0.25) is 0 Å². The molecule has 2 saturated carbocycles. The number of rotatable bonds is 13. The molecule has 2 nitrogen and oxygen atoms in total. The summed E-state index contributed by atoms with van der Waals surface area (Å²) in [7, 11) is 0. The summed E-state index contributed by atoms with van der Waals surface area (Å²) in [5.41, 5.74) is 1.48. The SMILES string of the molecule is CCCC1CCC(c2ccc(CCCC(=O)c3ccc(OCC4CCC(CC)CC4)c(F)c3C(F)F)cc2)CC1. The number of carbonyl (C=O) groups excluding carboxylic acids is 1. The van der Waals surface area contributed by atoms with E-state index in [4.69, 9.17) is 4.74 Å². The van der Waals surface area contributed by atoms with E-state index < -0.39 is 23.6 Å². The van der Waals surface area contributed by atoms with Gasteiger partial charge in [0.25, 0.3) is 6.43 Å². The first-order valence-electron chi connectivity index (χ1n) is 15.7. The third-order valence-electron chi connectivity index (χ3n) is 9.55. The Morgan fingerprint density at radius 2 is 1.52 bits per heavy atom. The highest BCUT2D eigenvalue weighted by Crippen LogP contribution is 2.38. The molecule has 40 heavy (non-hydrogen) atoms. The molecule has 0 heterocycles. The van der Waals surface area contributed by atoms with Crippen LogP contribution in [0.25, 0.3) is 0 Å². The first-order chi connectivity index (χ1) is 19.4. The molecule has 0 N–H and O–H groups in total. The van der Waals surface area contributed by atoms with Gasteiger partial charge in [0.05, 0.1) is 12.2 Å². The van der Waals surface area contributed by atoms with Gasteiger partial charge in [-0.15, -0.1) is 0 Å². The summed E-state index contributed by atoms with van der Waals surface area (Å²) in [6.07, 6.45) is 11.5. The van der Waals surface area contributed by atoms with Crippen LogP contribution in [-0.2, 0) is 6.42 Å². The Kier molecular flexibility index (Phi) is 11.6. The van der Waals surface area contributed by atoms with E-state index in [1.807, 2.05) is 0 Å². The van der Waals surface area contributed by atoms with Crippen molar-refractivity contribution in [2.45, 2.75) is 116 Å². The van der Waals surface area contributed by atoms with Gasteiger partial charge >= 0.3 is 0 Å². The van der Waals surface area contributed by atoms with E-state index in [1.54, 1.807) is 0 Å². The summed E-state index contributed by atoms with van der Waals surface area (Å²) < 4.78 is 48.5. The Balaban J connectivity index is 1.28. The molecule has 2 aromatic rings. The second-order valence-corrected chi connectivity index (χ2v) is 12.3. The Hall–Kier alpha value is -2.30. The maximum absolute atomic E-state index is 15.1. The molecule has 0 unspecified atom stereocenters. The van der Waals surface area contributed by atoms with E-state index in [2.05, 4.69) is 38.1 Å². The van der Waals surface area contributed by atoms with Gasteiger partial charge in [-0.05, 0) is 98.3 Å². The Bertz CT molecular complexity index is 1060. The lowest BCUT2D eigenvalue weighted by Gasteiger charge is -2.28. The van der Waals surface area contributed by atoms with E-state index in [0.29, 0.717) is 31.3 Å². The molecule has 2 aliphatic rings. The minimum absolute atomic E-state index is 0.100. The van der Waals surface area contributed by atoms with Crippen molar-refractivity contribution in [1.29, 1.82) is 0 Å². The van der Waals surface area contributed by atoms with Crippen molar-refractivity contribution in [3.8, 4) is 5.75 Å². The molecule has 2 aliphatic carbocycles. The molecule has 0 bridgehead atoms. The molecule has 2 aromatic carbocycles. The Morgan fingerprint density at radius 3 is 2.15 bits per heavy atom. The van der Waals surface area contributed by atoms with Crippen molar-refractivity contribution in [2.75, 3.05) is 6.61 Å². The third kappa shape index (κ3) is 8.13. The molecule has 220 valence electrons. The van der Waals surface area contributed by atoms with Crippen molar-refractivity contribution < 1.29 is 22.7 Å². The monoisotopic (exact) mass is 556 g/mol. The fourth-order valence-electron chi connectivity index (χ4n) is 6.89. The van der Waals surface area contributed by atoms with Gasteiger partial charge in [0.1, 0.15) is 0 Å². The number of Topliss-reactive ketones (excluding diaryl/α,β-unsaturated/α-hetero) is 1. The van der Waals surface area contributed by atoms with Crippen molar-refractivity contribution in [3.63, 3.8) is 0 Å². The molecule has 0 amide bonds. The first-order valence-corrected chi connectivity index (χ1v) is 15.7. The van der Waals surface area contributed by atoms with Crippen LogP contribution in [-0.4, -0.2) is 12.4 Å². The van der Waals surface area contributed by atoms with Crippen LogP contribution in [0, 0.1) is 23.6 Å². The zero-order chi connectivity index (χ0) is 28.5. The topological polar surface area (TPSA) is 26.3 Å². The fraction of sp³-hybridized carbons (Fsp3) is 0.629. The predicted octanol–water partition coefficient (Wildman–Crippen LogP) is 10.6. The van der Waals surface area contributed by atoms with Gasteiger partial charge in [-0.2, -0.15) is 0 Å². The Morgan fingerprint density at radius 1 is 0.875 bits per heavy atom. The van der Waals surface area contributed by atoms with Crippen molar-refractivity contribution in [1.82, 2.24) is 0 Å². The van der Waals surface area contributed by atoms with Gasteiger partial charge in [-0.3, -0.25) is 4.79 Å². The van der Waals surface area contributed by atoms with Gasteiger partial charge in [0.15, 0.2) is 17.3 Å². The molecule has 4 rings (SSSR count). The van der Waals surface area contributed by atoms with Crippen molar-refractivity contribution in [2.24, 2.45) is 17.8 Å². The summed E-state index contributed by atoms with van der Waals surface area (Å²) in [5, 5.41) is 0. The highest BCUT2D eigenvalue weighted by atomic mass is 19.3. The zero-order valence-corrected chi connectivity index (χ0v) is 24.4. The normalized spacial score (nSPS) is 23.4. The van der Waals surface area contributed by atoms with Crippen molar-refractivity contribution >= 4 is 5.78 Å². The first kappa shape index (κ1) is 30.7. The van der Waals surface area contributed by atoms with Crippen LogP contribution >= 0.6 is 0 Å². The molecule has 0 saturated heterocycles. The minimum Gasteiger partial charge on any atom is -0.490 e.